The highest BCUT2D eigenvalue weighted by Crippen LogP contribution is 2.47. The molecule has 208 valence electrons. The summed E-state index contributed by atoms with van der Waals surface area (Å²) in [5, 5.41) is 11.7. The number of rotatable bonds is 7. The minimum absolute atomic E-state index is 0.0109. The van der Waals surface area contributed by atoms with Crippen molar-refractivity contribution in [2.24, 2.45) is 0 Å². The van der Waals surface area contributed by atoms with E-state index >= 15 is 0 Å². The van der Waals surface area contributed by atoms with Crippen LogP contribution in [0, 0.1) is 6.92 Å². The fourth-order valence-corrected chi connectivity index (χ4v) is 5.95. The van der Waals surface area contributed by atoms with E-state index in [4.69, 9.17) is 18.9 Å². The second-order valence-electron chi connectivity index (χ2n) is 9.36. The normalized spacial score (nSPS) is 19.4. The van der Waals surface area contributed by atoms with Crippen molar-refractivity contribution in [3.05, 3.63) is 69.2 Å². The van der Waals surface area contributed by atoms with Crippen molar-refractivity contribution < 1.29 is 38.4 Å². The van der Waals surface area contributed by atoms with Crippen molar-refractivity contribution in [1.29, 1.82) is 0 Å². The molecule has 40 heavy (non-hydrogen) atoms. The standard InChI is InChI=1S/C29H28N2O8S/c1-6-38-28(35)26-15(3)30-29(40-26)31-23(19-9-8-18(36-4)13-21(19)37-5)22(25(33)27(31)34)24(32)16-7-10-20-17(12-16)11-14(2)39-20/h7-10,12-14,23,32H,6,11H2,1-5H3/b24-22+. The molecule has 1 aromatic heterocycles. The summed E-state index contributed by atoms with van der Waals surface area (Å²) >= 11 is 0.937. The second-order valence-corrected chi connectivity index (χ2v) is 10.3. The lowest BCUT2D eigenvalue weighted by Crippen LogP contribution is -2.29. The maximum absolute atomic E-state index is 13.6. The van der Waals surface area contributed by atoms with Gasteiger partial charge >= 0.3 is 11.9 Å². The number of Topliss-reactive ketones (excluding diaryl/α,β-unsaturated/α-hetero) is 1. The number of ketones is 1. The maximum Gasteiger partial charge on any atom is 0.350 e. The first-order chi connectivity index (χ1) is 19.2. The summed E-state index contributed by atoms with van der Waals surface area (Å²) in [6.07, 6.45) is 0.638. The highest BCUT2D eigenvalue weighted by molar-refractivity contribution is 7.17. The Bertz CT molecular complexity index is 1560. The van der Waals surface area contributed by atoms with Gasteiger partial charge in [0.2, 0.25) is 0 Å². The van der Waals surface area contributed by atoms with Crippen molar-refractivity contribution in [2.75, 3.05) is 25.7 Å². The molecule has 2 atom stereocenters. The van der Waals surface area contributed by atoms with Gasteiger partial charge in [0.1, 0.15) is 40.0 Å². The van der Waals surface area contributed by atoms with Crippen LogP contribution >= 0.6 is 11.3 Å². The van der Waals surface area contributed by atoms with E-state index in [-0.39, 0.29) is 34.1 Å². The number of methoxy groups -OCH3 is 2. The number of aromatic nitrogens is 1. The molecule has 0 saturated carbocycles. The Morgan fingerprint density at radius 3 is 2.65 bits per heavy atom. The molecule has 3 heterocycles. The summed E-state index contributed by atoms with van der Waals surface area (Å²) in [7, 11) is 2.97. The number of esters is 1. The maximum atomic E-state index is 13.6. The summed E-state index contributed by atoms with van der Waals surface area (Å²) < 4.78 is 21.9. The highest BCUT2D eigenvalue weighted by atomic mass is 32.1. The van der Waals surface area contributed by atoms with E-state index in [1.54, 1.807) is 50.2 Å². The van der Waals surface area contributed by atoms with Crippen LogP contribution in [0.5, 0.6) is 17.2 Å². The number of thiazole rings is 1. The lowest BCUT2D eigenvalue weighted by Gasteiger charge is -2.25. The molecule has 5 rings (SSSR count). The third-order valence-corrected chi connectivity index (χ3v) is 7.94. The Labute approximate surface area is 234 Å². The summed E-state index contributed by atoms with van der Waals surface area (Å²) in [5.41, 5.74) is 1.90. The average Bonchev–Trinajstić information content (AvgIpc) is 3.59. The zero-order valence-corrected chi connectivity index (χ0v) is 23.5. The first-order valence-electron chi connectivity index (χ1n) is 12.7. The van der Waals surface area contributed by atoms with Crippen molar-refractivity contribution in [2.45, 2.75) is 39.3 Å². The fourth-order valence-electron chi connectivity index (χ4n) is 4.96. The van der Waals surface area contributed by atoms with E-state index in [2.05, 4.69) is 4.98 Å². The van der Waals surface area contributed by atoms with E-state index in [1.807, 2.05) is 6.92 Å². The van der Waals surface area contributed by atoms with Gasteiger partial charge in [0.05, 0.1) is 32.1 Å². The number of carbonyl (C=O) groups excluding carboxylic acids is 3. The van der Waals surface area contributed by atoms with Gasteiger partial charge < -0.3 is 24.1 Å². The molecule has 2 aliphatic heterocycles. The number of carbonyl (C=O) groups is 3. The molecule has 11 heteroatoms. The molecule has 3 aromatic rings. The smallest absolute Gasteiger partial charge is 0.350 e. The number of nitrogens with zero attached hydrogens (tertiary/aromatic N) is 2. The van der Waals surface area contributed by atoms with E-state index in [9.17, 15) is 19.5 Å². The number of hydrogen-bond acceptors (Lipinski definition) is 10. The number of ether oxygens (including phenoxy) is 4. The van der Waals surface area contributed by atoms with E-state index in [0.717, 1.165) is 16.9 Å². The molecule has 1 fully saturated rings. The molecular formula is C29H28N2O8S. The molecule has 0 radical (unpaired) electrons. The van der Waals surface area contributed by atoms with Crippen LogP contribution in [0.3, 0.4) is 0 Å². The number of benzene rings is 2. The van der Waals surface area contributed by atoms with Crippen LogP contribution in [0.4, 0.5) is 5.13 Å². The Morgan fingerprint density at radius 2 is 1.95 bits per heavy atom. The number of hydrogen-bond donors (Lipinski definition) is 1. The number of anilines is 1. The van der Waals surface area contributed by atoms with Gasteiger partial charge in [-0.3, -0.25) is 14.5 Å². The Morgan fingerprint density at radius 1 is 1.18 bits per heavy atom. The highest BCUT2D eigenvalue weighted by Gasteiger charge is 2.49. The van der Waals surface area contributed by atoms with E-state index in [0.29, 0.717) is 40.5 Å². The number of aryl methyl sites for hydroxylation is 1. The van der Waals surface area contributed by atoms with Crippen LogP contribution in [-0.2, 0) is 20.7 Å². The van der Waals surface area contributed by atoms with E-state index in [1.165, 1.54) is 19.1 Å². The van der Waals surface area contributed by atoms with Crippen LogP contribution < -0.4 is 19.1 Å². The predicted molar refractivity (Wildman–Crippen MR) is 147 cm³/mol. The molecule has 10 nitrogen and oxygen atoms in total. The summed E-state index contributed by atoms with van der Waals surface area (Å²) in [6.45, 7) is 5.43. The monoisotopic (exact) mass is 564 g/mol. The van der Waals surface area contributed by atoms with Gasteiger partial charge in [-0.1, -0.05) is 11.3 Å². The Kier molecular flexibility index (Phi) is 7.24. The van der Waals surface area contributed by atoms with Crippen LogP contribution in [0.25, 0.3) is 5.76 Å². The van der Waals surface area contributed by atoms with Gasteiger partial charge in [-0.2, -0.15) is 0 Å². The number of amides is 1. The van der Waals surface area contributed by atoms with E-state index < -0.39 is 23.7 Å². The van der Waals surface area contributed by atoms with Crippen LogP contribution in [0.1, 0.15) is 51.9 Å². The number of aliphatic hydroxyl groups excluding tert-OH is 1. The zero-order valence-electron chi connectivity index (χ0n) is 22.6. The number of fused-ring (bicyclic) bond motifs is 1. The van der Waals surface area contributed by atoms with Gasteiger partial charge in [0.15, 0.2) is 5.13 Å². The third kappa shape index (κ3) is 4.56. The lowest BCUT2D eigenvalue weighted by molar-refractivity contribution is -0.132. The summed E-state index contributed by atoms with van der Waals surface area (Å²) in [4.78, 5) is 45.6. The molecule has 1 saturated heterocycles. The Balaban J connectivity index is 1.71. The van der Waals surface area contributed by atoms with Gasteiger partial charge in [0.25, 0.3) is 5.78 Å². The summed E-state index contributed by atoms with van der Waals surface area (Å²) in [5.74, 6) is -1.17. The van der Waals surface area contributed by atoms with Crippen LogP contribution in [-0.4, -0.2) is 54.7 Å². The van der Waals surface area contributed by atoms with Gasteiger partial charge in [-0.15, -0.1) is 0 Å². The molecule has 2 unspecified atom stereocenters. The van der Waals surface area contributed by atoms with Crippen molar-refractivity contribution in [3.8, 4) is 17.2 Å². The largest absolute Gasteiger partial charge is 0.507 e. The van der Waals surface area contributed by atoms with Gasteiger partial charge in [-0.25, -0.2) is 9.78 Å². The minimum atomic E-state index is -1.11. The van der Waals surface area contributed by atoms with Crippen LogP contribution in [0.15, 0.2) is 42.0 Å². The zero-order chi connectivity index (χ0) is 28.7. The molecule has 0 bridgehead atoms. The molecule has 1 amide bonds. The predicted octanol–water partition coefficient (Wildman–Crippen LogP) is 4.60. The van der Waals surface area contributed by atoms with Crippen LogP contribution in [0.2, 0.25) is 0 Å². The van der Waals surface area contributed by atoms with Crippen molar-refractivity contribution in [1.82, 2.24) is 4.98 Å². The quantitative estimate of drug-likeness (QED) is 0.190. The lowest BCUT2D eigenvalue weighted by atomic mass is 9.94. The molecule has 2 aliphatic rings. The molecule has 0 spiro atoms. The SMILES string of the molecule is CCOC(=O)c1sc(N2C(=O)C(=O)/C(=C(/O)c3ccc4c(c3)CC(C)O4)C2c2ccc(OC)cc2OC)nc1C. The van der Waals surface area contributed by atoms with Crippen molar-refractivity contribution >= 4 is 39.9 Å². The molecule has 0 aliphatic carbocycles. The van der Waals surface area contributed by atoms with Gasteiger partial charge in [0, 0.05) is 23.6 Å². The molecule has 2 aromatic carbocycles. The fraction of sp³-hybridized carbons (Fsp3) is 0.310. The second kappa shape index (κ2) is 10.6. The number of aliphatic hydroxyl groups is 1. The third-order valence-electron chi connectivity index (χ3n) is 6.80. The Hall–Kier alpha value is -4.38. The first kappa shape index (κ1) is 27.2. The average molecular weight is 565 g/mol. The molecular weight excluding hydrogens is 536 g/mol. The minimum Gasteiger partial charge on any atom is -0.507 e. The van der Waals surface area contributed by atoms with Gasteiger partial charge in [-0.05, 0) is 56.7 Å². The topological polar surface area (TPSA) is 124 Å². The van der Waals surface area contributed by atoms with Crippen molar-refractivity contribution in [3.63, 3.8) is 0 Å². The summed E-state index contributed by atoms with van der Waals surface area (Å²) in [6, 6.07) is 9.00. The molecule has 1 N–H and O–H groups in total. The first-order valence-corrected chi connectivity index (χ1v) is 13.5.